The van der Waals surface area contributed by atoms with E-state index in [1.807, 2.05) is 6.07 Å². The second kappa shape index (κ2) is 6.07. The van der Waals surface area contributed by atoms with E-state index in [-0.39, 0.29) is 23.8 Å². The Hall–Kier alpha value is -3.54. The first-order valence-corrected chi connectivity index (χ1v) is 8.16. The Morgan fingerprint density at radius 2 is 1.73 bits per heavy atom. The summed E-state index contributed by atoms with van der Waals surface area (Å²) in [4.78, 5) is 44.9. The predicted octanol–water partition coefficient (Wildman–Crippen LogP) is 2.47. The van der Waals surface area contributed by atoms with Crippen LogP contribution in [0.3, 0.4) is 0 Å². The highest BCUT2D eigenvalue weighted by Gasteiger charge is 2.31. The first-order chi connectivity index (χ1) is 12.5. The quantitative estimate of drug-likeness (QED) is 0.723. The third-order valence-corrected chi connectivity index (χ3v) is 4.32. The molecule has 3 aromatic rings. The number of H-pyrrole nitrogens is 1. The van der Waals surface area contributed by atoms with Gasteiger partial charge in [0, 0.05) is 17.2 Å². The van der Waals surface area contributed by atoms with Crippen LogP contribution in [-0.4, -0.2) is 21.8 Å². The summed E-state index contributed by atoms with van der Waals surface area (Å²) in [6.45, 7) is 1.71. The number of benzene rings is 2. The Labute approximate surface area is 149 Å². The Morgan fingerprint density at radius 3 is 2.46 bits per heavy atom. The molecule has 1 aromatic heterocycles. The van der Waals surface area contributed by atoms with Crippen LogP contribution in [0.1, 0.15) is 21.7 Å². The minimum atomic E-state index is -0.324. The molecule has 2 amide bonds. The summed E-state index contributed by atoms with van der Waals surface area (Å²) >= 11 is 0. The minimum Gasteiger partial charge on any atom is -0.311 e. The number of aromatic amines is 1. The number of nitrogens with zero attached hydrogens (tertiary/aromatic N) is 2. The standard InChI is InChI=1S/C20H15N3O3/c1-12-21-17(11-18(24)22-12)13-6-8-15(9-7-13)23-19(25)10-14-4-2-3-5-16(14)20(23)26/h2-9,11H,10H2,1H3,(H,21,22,24). The molecule has 1 aliphatic heterocycles. The van der Waals surface area contributed by atoms with Crippen LogP contribution >= 0.6 is 0 Å². The number of imide groups is 1. The fraction of sp³-hybridized carbons (Fsp3) is 0.100. The van der Waals surface area contributed by atoms with Gasteiger partial charge in [0.05, 0.1) is 17.8 Å². The smallest absolute Gasteiger partial charge is 0.265 e. The van der Waals surface area contributed by atoms with Crippen LogP contribution in [-0.2, 0) is 11.2 Å². The number of nitrogens with one attached hydrogen (secondary N) is 1. The molecule has 0 fully saturated rings. The normalized spacial score (nSPS) is 13.7. The molecule has 0 saturated heterocycles. The third-order valence-electron chi connectivity index (χ3n) is 4.32. The van der Waals surface area contributed by atoms with Gasteiger partial charge in [0.15, 0.2) is 0 Å². The number of hydrogen-bond acceptors (Lipinski definition) is 4. The van der Waals surface area contributed by atoms with Gasteiger partial charge in [-0.25, -0.2) is 9.88 Å². The number of aryl methyl sites for hydroxylation is 1. The highest BCUT2D eigenvalue weighted by Crippen LogP contribution is 2.27. The van der Waals surface area contributed by atoms with Crippen molar-refractivity contribution in [3.8, 4) is 11.3 Å². The number of anilines is 1. The minimum absolute atomic E-state index is 0.193. The molecule has 26 heavy (non-hydrogen) atoms. The summed E-state index contributed by atoms with van der Waals surface area (Å²) in [6, 6.07) is 15.4. The fourth-order valence-corrected chi connectivity index (χ4v) is 3.13. The largest absolute Gasteiger partial charge is 0.311 e. The molecule has 4 rings (SSSR count). The van der Waals surface area contributed by atoms with E-state index in [2.05, 4.69) is 9.97 Å². The number of fused-ring (bicyclic) bond motifs is 1. The summed E-state index contributed by atoms with van der Waals surface area (Å²) in [5.74, 6) is -0.0594. The lowest BCUT2D eigenvalue weighted by Crippen LogP contribution is -2.42. The molecule has 6 nitrogen and oxygen atoms in total. The summed E-state index contributed by atoms with van der Waals surface area (Å²) in [6.07, 6.45) is 0.193. The van der Waals surface area contributed by atoms with Crippen LogP contribution in [0.5, 0.6) is 0 Å². The Kier molecular flexibility index (Phi) is 3.73. The van der Waals surface area contributed by atoms with E-state index in [9.17, 15) is 14.4 Å². The van der Waals surface area contributed by atoms with Gasteiger partial charge in [-0.1, -0.05) is 30.3 Å². The third kappa shape index (κ3) is 2.71. The number of carbonyl (C=O) groups is 2. The van der Waals surface area contributed by atoms with Gasteiger partial charge in [-0.3, -0.25) is 14.4 Å². The van der Waals surface area contributed by atoms with Crippen LogP contribution in [0.2, 0.25) is 0 Å². The number of hydrogen-bond donors (Lipinski definition) is 1. The first kappa shape index (κ1) is 16.0. The fourth-order valence-electron chi connectivity index (χ4n) is 3.13. The SMILES string of the molecule is Cc1nc(-c2ccc(N3C(=O)Cc4ccccc4C3=O)cc2)cc(=O)[nH]1. The van der Waals surface area contributed by atoms with E-state index in [0.717, 1.165) is 11.1 Å². The molecule has 6 heteroatoms. The van der Waals surface area contributed by atoms with Crippen LogP contribution < -0.4 is 10.5 Å². The molecule has 0 atom stereocenters. The maximum absolute atomic E-state index is 12.7. The van der Waals surface area contributed by atoms with E-state index in [0.29, 0.717) is 22.8 Å². The molecule has 2 heterocycles. The first-order valence-electron chi connectivity index (χ1n) is 8.16. The monoisotopic (exact) mass is 345 g/mol. The summed E-state index contributed by atoms with van der Waals surface area (Å²) in [5.41, 5.74) is 2.84. The van der Waals surface area contributed by atoms with Crippen LogP contribution in [0.25, 0.3) is 11.3 Å². The molecule has 0 bridgehead atoms. The highest BCUT2D eigenvalue weighted by molar-refractivity contribution is 6.24. The van der Waals surface area contributed by atoms with Crippen LogP contribution in [0.4, 0.5) is 5.69 Å². The number of aromatic nitrogens is 2. The number of rotatable bonds is 2. The van der Waals surface area contributed by atoms with Gasteiger partial charge in [0.2, 0.25) is 5.91 Å². The highest BCUT2D eigenvalue weighted by atomic mass is 16.2. The summed E-state index contributed by atoms with van der Waals surface area (Å²) in [5, 5.41) is 0. The van der Waals surface area contributed by atoms with E-state index in [1.165, 1.54) is 11.0 Å². The van der Waals surface area contributed by atoms with Crippen molar-refractivity contribution in [2.24, 2.45) is 0 Å². The molecule has 0 radical (unpaired) electrons. The molecule has 0 unspecified atom stereocenters. The van der Waals surface area contributed by atoms with Gasteiger partial charge in [0.25, 0.3) is 11.5 Å². The van der Waals surface area contributed by atoms with E-state index >= 15 is 0 Å². The van der Waals surface area contributed by atoms with Crippen molar-refractivity contribution in [3.63, 3.8) is 0 Å². The average Bonchev–Trinajstić information content (AvgIpc) is 2.61. The molecule has 128 valence electrons. The van der Waals surface area contributed by atoms with Crippen molar-refractivity contribution < 1.29 is 9.59 Å². The molecule has 1 N–H and O–H groups in total. The Balaban J connectivity index is 1.70. The van der Waals surface area contributed by atoms with Gasteiger partial charge in [-0.2, -0.15) is 0 Å². The Bertz CT molecular complexity index is 1080. The molecule has 2 aromatic carbocycles. The summed E-state index contributed by atoms with van der Waals surface area (Å²) in [7, 11) is 0. The lowest BCUT2D eigenvalue weighted by molar-refractivity contribution is -0.117. The van der Waals surface area contributed by atoms with Crippen molar-refractivity contribution in [2.45, 2.75) is 13.3 Å². The van der Waals surface area contributed by atoms with Gasteiger partial charge in [0.1, 0.15) is 5.82 Å². The van der Waals surface area contributed by atoms with Crippen molar-refractivity contribution >= 4 is 17.5 Å². The molecule has 1 aliphatic rings. The second-order valence-corrected chi connectivity index (χ2v) is 6.13. The van der Waals surface area contributed by atoms with Crippen LogP contribution in [0.15, 0.2) is 59.4 Å². The number of carbonyl (C=O) groups excluding carboxylic acids is 2. The van der Waals surface area contributed by atoms with Crippen molar-refractivity contribution in [1.82, 2.24) is 9.97 Å². The van der Waals surface area contributed by atoms with E-state index < -0.39 is 0 Å². The van der Waals surface area contributed by atoms with Crippen molar-refractivity contribution in [3.05, 3.63) is 81.9 Å². The predicted molar refractivity (Wildman–Crippen MR) is 97.0 cm³/mol. The van der Waals surface area contributed by atoms with Gasteiger partial charge >= 0.3 is 0 Å². The van der Waals surface area contributed by atoms with Crippen molar-refractivity contribution in [2.75, 3.05) is 4.90 Å². The van der Waals surface area contributed by atoms with Gasteiger partial charge in [-0.05, 0) is 30.7 Å². The molecular weight excluding hydrogens is 330 g/mol. The molecule has 0 spiro atoms. The maximum atomic E-state index is 12.7. The lowest BCUT2D eigenvalue weighted by Gasteiger charge is -2.26. The zero-order chi connectivity index (χ0) is 18.3. The topological polar surface area (TPSA) is 83.1 Å². The lowest BCUT2D eigenvalue weighted by atomic mass is 9.98. The zero-order valence-corrected chi connectivity index (χ0v) is 14.0. The second-order valence-electron chi connectivity index (χ2n) is 6.13. The average molecular weight is 345 g/mol. The zero-order valence-electron chi connectivity index (χ0n) is 14.0. The van der Waals surface area contributed by atoms with Crippen molar-refractivity contribution in [1.29, 1.82) is 0 Å². The molecular formula is C20H15N3O3. The van der Waals surface area contributed by atoms with Crippen LogP contribution in [0, 0.1) is 6.92 Å². The van der Waals surface area contributed by atoms with Gasteiger partial charge in [-0.15, -0.1) is 0 Å². The Morgan fingerprint density at radius 1 is 1.00 bits per heavy atom. The summed E-state index contributed by atoms with van der Waals surface area (Å²) < 4.78 is 0. The molecule has 0 aliphatic carbocycles. The molecule has 0 saturated carbocycles. The maximum Gasteiger partial charge on any atom is 0.265 e. The van der Waals surface area contributed by atoms with E-state index in [1.54, 1.807) is 49.4 Å². The van der Waals surface area contributed by atoms with E-state index in [4.69, 9.17) is 0 Å². The number of amides is 2. The van der Waals surface area contributed by atoms with Gasteiger partial charge < -0.3 is 4.98 Å².